The molecule has 162 valence electrons. The fourth-order valence-corrected chi connectivity index (χ4v) is 4.20. The van der Waals surface area contributed by atoms with Gasteiger partial charge in [0.15, 0.2) is 11.5 Å². The molecule has 5 aromatic rings. The summed E-state index contributed by atoms with van der Waals surface area (Å²) in [5.41, 5.74) is 11.6. The molecule has 1 amide bonds. The summed E-state index contributed by atoms with van der Waals surface area (Å²) < 4.78 is 1.50. The van der Waals surface area contributed by atoms with Crippen LogP contribution in [0, 0.1) is 11.8 Å². The van der Waals surface area contributed by atoms with Gasteiger partial charge in [-0.1, -0.05) is 42.3 Å². The third-order valence-corrected chi connectivity index (χ3v) is 5.61. The van der Waals surface area contributed by atoms with Gasteiger partial charge < -0.3 is 16.0 Å². The van der Waals surface area contributed by atoms with E-state index in [1.807, 2.05) is 50.2 Å². The zero-order chi connectivity index (χ0) is 22.9. The molecule has 0 bridgehead atoms. The van der Waals surface area contributed by atoms with E-state index in [1.165, 1.54) is 4.52 Å². The SMILES string of the molecule is CC#Cc1cccc2[nH]c([C@H](C)NC(=O)c3c(N)nn4cccnc34)c(-c3ccccc3)c12. The number of benzene rings is 2. The Labute approximate surface area is 190 Å². The number of H-pyrrole nitrogens is 1. The first-order chi connectivity index (χ1) is 16.1. The van der Waals surface area contributed by atoms with Gasteiger partial charge in [-0.05, 0) is 37.6 Å². The van der Waals surface area contributed by atoms with Crippen molar-refractivity contribution in [1.29, 1.82) is 0 Å². The number of rotatable bonds is 4. The van der Waals surface area contributed by atoms with Gasteiger partial charge in [-0.3, -0.25) is 4.79 Å². The highest BCUT2D eigenvalue weighted by molar-refractivity contribution is 6.05. The first kappa shape index (κ1) is 20.3. The number of nitrogens with one attached hydrogen (secondary N) is 2. The van der Waals surface area contributed by atoms with Crippen molar-refractivity contribution in [2.45, 2.75) is 19.9 Å². The van der Waals surface area contributed by atoms with Gasteiger partial charge in [-0.2, -0.15) is 0 Å². The molecule has 0 unspecified atom stereocenters. The van der Waals surface area contributed by atoms with Gasteiger partial charge in [-0.15, -0.1) is 11.0 Å². The monoisotopic (exact) mass is 434 g/mol. The van der Waals surface area contributed by atoms with Crippen molar-refractivity contribution in [3.05, 3.63) is 83.8 Å². The summed E-state index contributed by atoms with van der Waals surface area (Å²) in [6.07, 6.45) is 3.32. The Morgan fingerprint density at radius 1 is 1.15 bits per heavy atom. The Morgan fingerprint density at radius 2 is 1.97 bits per heavy atom. The van der Waals surface area contributed by atoms with Crippen molar-refractivity contribution in [2.24, 2.45) is 0 Å². The number of carbonyl (C=O) groups is 1. The molecular formula is C26H22N6O. The molecule has 7 nitrogen and oxygen atoms in total. The van der Waals surface area contributed by atoms with Gasteiger partial charge >= 0.3 is 0 Å². The number of nitrogens with zero attached hydrogens (tertiary/aromatic N) is 3. The minimum Gasteiger partial charge on any atom is -0.381 e. The van der Waals surface area contributed by atoms with Crippen LogP contribution in [-0.2, 0) is 0 Å². The van der Waals surface area contributed by atoms with Gasteiger partial charge in [0, 0.05) is 40.1 Å². The minimum atomic E-state index is -0.347. The lowest BCUT2D eigenvalue weighted by Crippen LogP contribution is -2.28. The van der Waals surface area contributed by atoms with Crippen LogP contribution >= 0.6 is 0 Å². The third-order valence-electron chi connectivity index (χ3n) is 5.61. The molecule has 0 saturated carbocycles. The van der Waals surface area contributed by atoms with Crippen LogP contribution in [0.25, 0.3) is 27.7 Å². The largest absolute Gasteiger partial charge is 0.381 e. The summed E-state index contributed by atoms with van der Waals surface area (Å²) in [6, 6.07) is 17.5. The van der Waals surface area contributed by atoms with E-state index in [9.17, 15) is 4.79 Å². The number of amides is 1. The van der Waals surface area contributed by atoms with E-state index in [-0.39, 0.29) is 23.3 Å². The zero-order valence-corrected chi connectivity index (χ0v) is 18.3. The molecule has 0 fully saturated rings. The fourth-order valence-electron chi connectivity index (χ4n) is 4.20. The second-order valence-electron chi connectivity index (χ2n) is 7.73. The number of carbonyl (C=O) groups excluding carboxylic acids is 1. The Bertz CT molecular complexity index is 1550. The van der Waals surface area contributed by atoms with Crippen molar-refractivity contribution >= 4 is 28.3 Å². The Balaban J connectivity index is 1.62. The second-order valence-corrected chi connectivity index (χ2v) is 7.73. The number of nitrogens with two attached hydrogens (primary N) is 1. The average molecular weight is 435 g/mol. The predicted molar refractivity (Wildman–Crippen MR) is 130 cm³/mol. The number of nitrogen functional groups attached to an aromatic ring is 1. The first-order valence-corrected chi connectivity index (χ1v) is 10.6. The third kappa shape index (κ3) is 3.48. The standard InChI is InChI=1S/C26H22N6O/c1-3-9-17-12-7-13-19-20(17)21(18-10-5-4-6-11-18)23(30-19)16(2)29-26(33)22-24(27)31-32-15-8-14-28-25(22)32/h4-8,10-16,30H,1-2H3,(H2,27,31)(H,29,33)/t16-/m0/s1. The van der Waals surface area contributed by atoms with Crippen LogP contribution in [0.2, 0.25) is 0 Å². The van der Waals surface area contributed by atoms with Gasteiger partial charge in [0.2, 0.25) is 0 Å². The van der Waals surface area contributed by atoms with Crippen molar-refractivity contribution in [1.82, 2.24) is 24.9 Å². The van der Waals surface area contributed by atoms with E-state index >= 15 is 0 Å². The predicted octanol–water partition coefficient (Wildman–Crippen LogP) is 4.32. The van der Waals surface area contributed by atoms with Crippen LogP contribution in [0.5, 0.6) is 0 Å². The topological polar surface area (TPSA) is 101 Å². The molecule has 4 N–H and O–H groups in total. The molecule has 0 radical (unpaired) electrons. The molecule has 33 heavy (non-hydrogen) atoms. The lowest BCUT2D eigenvalue weighted by Gasteiger charge is -2.15. The lowest BCUT2D eigenvalue weighted by atomic mass is 9.96. The van der Waals surface area contributed by atoms with Crippen LogP contribution in [0.3, 0.4) is 0 Å². The lowest BCUT2D eigenvalue weighted by molar-refractivity contribution is 0.0941. The van der Waals surface area contributed by atoms with Crippen molar-refractivity contribution < 1.29 is 4.79 Å². The van der Waals surface area contributed by atoms with E-state index in [0.717, 1.165) is 33.3 Å². The summed E-state index contributed by atoms with van der Waals surface area (Å²) in [7, 11) is 0. The Kier molecular flexibility index (Phi) is 5.04. The smallest absolute Gasteiger partial charge is 0.259 e. The molecule has 0 aliphatic carbocycles. The summed E-state index contributed by atoms with van der Waals surface area (Å²) in [5, 5.41) is 8.30. The van der Waals surface area contributed by atoms with E-state index < -0.39 is 0 Å². The molecule has 5 rings (SSSR count). The minimum absolute atomic E-state index is 0.138. The number of aromatic nitrogens is 4. The van der Waals surface area contributed by atoms with Gasteiger partial charge in [0.05, 0.1) is 6.04 Å². The molecule has 0 spiro atoms. The molecule has 7 heteroatoms. The number of aromatic amines is 1. The maximum atomic E-state index is 13.2. The molecule has 3 heterocycles. The number of anilines is 1. The van der Waals surface area contributed by atoms with Crippen molar-refractivity contribution in [3.8, 4) is 23.0 Å². The van der Waals surface area contributed by atoms with Crippen LogP contribution in [-0.4, -0.2) is 25.5 Å². The van der Waals surface area contributed by atoms with Gasteiger partial charge in [-0.25, -0.2) is 9.50 Å². The summed E-state index contributed by atoms with van der Waals surface area (Å²) in [6.45, 7) is 3.77. The molecule has 2 aromatic carbocycles. The quantitative estimate of drug-likeness (QED) is 0.367. The molecule has 3 aromatic heterocycles. The molecular weight excluding hydrogens is 412 g/mol. The summed E-state index contributed by atoms with van der Waals surface area (Å²) >= 11 is 0. The van der Waals surface area contributed by atoms with Crippen LogP contribution in [0.15, 0.2) is 67.0 Å². The molecule has 0 aliphatic heterocycles. The number of hydrogen-bond acceptors (Lipinski definition) is 4. The summed E-state index contributed by atoms with van der Waals surface area (Å²) in [5.74, 6) is 6.02. The van der Waals surface area contributed by atoms with Crippen LogP contribution in [0.4, 0.5) is 5.82 Å². The Morgan fingerprint density at radius 3 is 2.76 bits per heavy atom. The fraction of sp³-hybridized carbons (Fsp3) is 0.115. The van der Waals surface area contributed by atoms with E-state index in [2.05, 4.69) is 44.4 Å². The highest BCUT2D eigenvalue weighted by Crippen LogP contribution is 2.37. The van der Waals surface area contributed by atoms with Gasteiger partial charge in [0.1, 0.15) is 5.56 Å². The molecule has 1 atom stereocenters. The van der Waals surface area contributed by atoms with Crippen molar-refractivity contribution in [3.63, 3.8) is 0 Å². The summed E-state index contributed by atoms with van der Waals surface area (Å²) in [4.78, 5) is 21.0. The number of hydrogen-bond donors (Lipinski definition) is 3. The van der Waals surface area contributed by atoms with E-state index in [0.29, 0.717) is 5.65 Å². The van der Waals surface area contributed by atoms with Crippen molar-refractivity contribution in [2.75, 3.05) is 5.73 Å². The maximum absolute atomic E-state index is 13.2. The average Bonchev–Trinajstić information content (AvgIpc) is 3.38. The zero-order valence-electron chi connectivity index (χ0n) is 18.3. The number of fused-ring (bicyclic) bond motifs is 2. The normalized spacial score (nSPS) is 11.8. The van der Waals surface area contributed by atoms with E-state index in [4.69, 9.17) is 5.73 Å². The maximum Gasteiger partial charge on any atom is 0.259 e. The molecule has 0 aliphatic rings. The Hall–Kier alpha value is -4.57. The van der Waals surface area contributed by atoms with E-state index in [1.54, 1.807) is 18.5 Å². The van der Waals surface area contributed by atoms with Crippen LogP contribution in [0.1, 0.15) is 41.5 Å². The second kappa shape index (κ2) is 8.17. The first-order valence-electron chi connectivity index (χ1n) is 10.6. The van der Waals surface area contributed by atoms with Gasteiger partial charge in [0.25, 0.3) is 5.91 Å². The highest BCUT2D eigenvalue weighted by Gasteiger charge is 2.24. The van der Waals surface area contributed by atoms with Crippen LogP contribution < -0.4 is 11.1 Å². The highest BCUT2D eigenvalue weighted by atomic mass is 16.1. The molecule has 0 saturated heterocycles.